The van der Waals surface area contributed by atoms with Crippen LogP contribution in [-0.2, 0) is 19.4 Å². The molecule has 3 aromatic heterocycles. The van der Waals surface area contributed by atoms with E-state index in [1.165, 1.54) is 53.3 Å². The lowest BCUT2D eigenvalue weighted by Crippen LogP contribution is -2.18. The average Bonchev–Trinajstić information content (AvgIpc) is 3.32. The Labute approximate surface area is 147 Å². The molecule has 0 aromatic carbocycles. The Morgan fingerprint density at radius 2 is 2.04 bits per heavy atom. The van der Waals surface area contributed by atoms with E-state index >= 15 is 0 Å². The van der Waals surface area contributed by atoms with E-state index in [1.54, 1.807) is 17.7 Å². The monoisotopic (exact) mass is 359 g/mol. The van der Waals surface area contributed by atoms with Crippen LogP contribution in [0.2, 0.25) is 0 Å². The fourth-order valence-electron chi connectivity index (χ4n) is 3.54. The molecule has 1 saturated heterocycles. The number of nitrogens with zero attached hydrogens (tertiary/aromatic N) is 5. The quantitative estimate of drug-likeness (QED) is 0.662. The maximum absolute atomic E-state index is 5.84. The molecule has 0 spiro atoms. The van der Waals surface area contributed by atoms with Crippen LogP contribution < -0.4 is 0 Å². The van der Waals surface area contributed by atoms with Gasteiger partial charge in [-0.2, -0.15) is 0 Å². The predicted octanol–water partition coefficient (Wildman–Crippen LogP) is 3.31. The summed E-state index contributed by atoms with van der Waals surface area (Å²) in [6.45, 7) is 3.00. The molecule has 3 aromatic rings. The molecule has 1 fully saturated rings. The minimum absolute atomic E-state index is 0.571. The Kier molecular flexibility index (Phi) is 3.76. The zero-order chi connectivity index (χ0) is 15.9. The zero-order valence-electron chi connectivity index (χ0n) is 13.2. The minimum Gasteiger partial charge on any atom is -0.414 e. The highest BCUT2D eigenvalue weighted by Gasteiger charge is 2.23. The molecule has 5 rings (SSSR count). The molecule has 0 amide bonds. The molecule has 4 heterocycles. The van der Waals surface area contributed by atoms with Crippen LogP contribution in [0.15, 0.2) is 21.0 Å². The highest BCUT2D eigenvalue weighted by Crippen LogP contribution is 2.41. The molecule has 24 heavy (non-hydrogen) atoms. The summed E-state index contributed by atoms with van der Waals surface area (Å²) in [4.78, 5) is 13.8. The predicted molar refractivity (Wildman–Crippen MR) is 92.4 cm³/mol. The summed E-state index contributed by atoms with van der Waals surface area (Å²) >= 11 is 3.26. The van der Waals surface area contributed by atoms with Gasteiger partial charge in [-0.3, -0.25) is 4.90 Å². The topological polar surface area (TPSA) is 67.9 Å². The van der Waals surface area contributed by atoms with Crippen molar-refractivity contribution in [3.8, 4) is 0 Å². The largest absolute Gasteiger partial charge is 0.414 e. The third kappa shape index (κ3) is 2.62. The Balaban J connectivity index is 1.41. The Hall–Kier alpha value is -1.51. The van der Waals surface area contributed by atoms with Gasteiger partial charge in [0.05, 0.1) is 6.54 Å². The summed E-state index contributed by atoms with van der Waals surface area (Å²) in [6, 6.07) is 0. The van der Waals surface area contributed by atoms with Gasteiger partial charge in [0.25, 0.3) is 5.22 Å². The SMILES string of the molecule is c1nc(Sc2nnc(CN3CCCC3)o2)c2c3c(sc2n1)CCC3. The smallest absolute Gasteiger partial charge is 0.283 e. The van der Waals surface area contributed by atoms with Gasteiger partial charge in [-0.05, 0) is 62.5 Å². The van der Waals surface area contributed by atoms with Crippen molar-refractivity contribution < 1.29 is 4.42 Å². The van der Waals surface area contributed by atoms with E-state index in [-0.39, 0.29) is 0 Å². The third-order valence-corrected chi connectivity index (χ3v) is 6.70. The lowest BCUT2D eigenvalue weighted by molar-refractivity contribution is 0.278. The maximum atomic E-state index is 5.84. The second-order valence-corrected chi connectivity index (χ2v) is 8.29. The molecule has 124 valence electrons. The van der Waals surface area contributed by atoms with Gasteiger partial charge in [-0.15, -0.1) is 21.5 Å². The van der Waals surface area contributed by atoms with E-state index in [2.05, 4.69) is 25.1 Å². The molecule has 0 unspecified atom stereocenters. The lowest BCUT2D eigenvalue weighted by Gasteiger charge is -2.10. The van der Waals surface area contributed by atoms with Crippen molar-refractivity contribution in [1.82, 2.24) is 25.1 Å². The number of fused-ring (bicyclic) bond motifs is 3. The van der Waals surface area contributed by atoms with E-state index in [9.17, 15) is 0 Å². The fourth-order valence-corrected chi connectivity index (χ4v) is 5.64. The van der Waals surface area contributed by atoms with Crippen LogP contribution in [0, 0.1) is 0 Å². The molecule has 0 atom stereocenters. The van der Waals surface area contributed by atoms with Crippen molar-refractivity contribution in [2.75, 3.05) is 13.1 Å². The van der Waals surface area contributed by atoms with Crippen molar-refractivity contribution in [3.05, 3.63) is 22.7 Å². The standard InChI is InChI=1S/C16H17N5OS2/c1-2-7-21(6-1)8-12-19-20-16(22-12)24-15-13-10-4-3-5-11(10)23-14(13)17-9-18-15/h9H,1-8H2. The summed E-state index contributed by atoms with van der Waals surface area (Å²) in [7, 11) is 0. The van der Waals surface area contributed by atoms with Crippen molar-refractivity contribution in [3.63, 3.8) is 0 Å². The average molecular weight is 359 g/mol. The minimum atomic E-state index is 0.571. The normalized spacial score (nSPS) is 17.8. The maximum Gasteiger partial charge on any atom is 0.283 e. The zero-order valence-corrected chi connectivity index (χ0v) is 14.8. The molecule has 1 aliphatic heterocycles. The van der Waals surface area contributed by atoms with Crippen LogP contribution in [0.4, 0.5) is 0 Å². The van der Waals surface area contributed by atoms with Gasteiger partial charge in [-0.1, -0.05) is 0 Å². The molecule has 0 bridgehead atoms. The summed E-state index contributed by atoms with van der Waals surface area (Å²) in [5, 5.41) is 11.1. The molecule has 2 aliphatic rings. The van der Waals surface area contributed by atoms with E-state index in [0.717, 1.165) is 35.9 Å². The number of thiophene rings is 1. The number of likely N-dealkylation sites (tertiary alicyclic amines) is 1. The first kappa shape index (κ1) is 14.8. The molecule has 0 saturated carbocycles. The van der Waals surface area contributed by atoms with Gasteiger partial charge >= 0.3 is 0 Å². The van der Waals surface area contributed by atoms with Gasteiger partial charge in [0.1, 0.15) is 16.2 Å². The number of rotatable bonds is 4. The highest BCUT2D eigenvalue weighted by molar-refractivity contribution is 7.99. The van der Waals surface area contributed by atoms with E-state index in [4.69, 9.17) is 4.42 Å². The summed E-state index contributed by atoms with van der Waals surface area (Å²) in [6.07, 6.45) is 7.69. The second kappa shape index (κ2) is 6.09. The second-order valence-electron chi connectivity index (χ2n) is 6.26. The third-order valence-electron chi connectivity index (χ3n) is 4.66. The van der Waals surface area contributed by atoms with E-state index < -0.39 is 0 Å². The van der Waals surface area contributed by atoms with Crippen LogP contribution in [0.1, 0.15) is 35.6 Å². The highest BCUT2D eigenvalue weighted by atomic mass is 32.2. The summed E-state index contributed by atoms with van der Waals surface area (Å²) < 4.78 is 5.84. The van der Waals surface area contributed by atoms with Crippen molar-refractivity contribution >= 4 is 33.3 Å². The van der Waals surface area contributed by atoms with Gasteiger partial charge in [0.15, 0.2) is 0 Å². The van der Waals surface area contributed by atoms with E-state index in [1.807, 2.05) is 0 Å². The Morgan fingerprint density at radius 1 is 1.12 bits per heavy atom. The lowest BCUT2D eigenvalue weighted by atomic mass is 10.2. The molecule has 8 heteroatoms. The van der Waals surface area contributed by atoms with Crippen LogP contribution in [0.3, 0.4) is 0 Å². The van der Waals surface area contributed by atoms with Gasteiger partial charge in [0, 0.05) is 10.3 Å². The van der Waals surface area contributed by atoms with Crippen molar-refractivity contribution in [2.45, 2.75) is 48.9 Å². The Bertz CT molecular complexity index is 884. The Morgan fingerprint density at radius 3 is 2.96 bits per heavy atom. The van der Waals surface area contributed by atoms with Crippen LogP contribution in [0.5, 0.6) is 0 Å². The molecular weight excluding hydrogens is 342 g/mol. The molecule has 0 radical (unpaired) electrons. The van der Waals surface area contributed by atoms with Gasteiger partial charge in [0.2, 0.25) is 5.89 Å². The summed E-state index contributed by atoms with van der Waals surface area (Å²) in [5.74, 6) is 0.695. The number of aryl methyl sites for hydroxylation is 2. The van der Waals surface area contributed by atoms with Gasteiger partial charge in [-0.25, -0.2) is 9.97 Å². The molecule has 6 nitrogen and oxygen atoms in total. The molecule has 0 N–H and O–H groups in total. The van der Waals surface area contributed by atoms with Gasteiger partial charge < -0.3 is 4.42 Å². The van der Waals surface area contributed by atoms with E-state index in [0.29, 0.717) is 11.1 Å². The van der Waals surface area contributed by atoms with Crippen LogP contribution >= 0.6 is 23.1 Å². The number of aromatic nitrogens is 4. The first-order valence-corrected chi connectivity index (χ1v) is 9.98. The molecular formula is C16H17N5OS2. The summed E-state index contributed by atoms with van der Waals surface area (Å²) in [5.41, 5.74) is 1.43. The number of hydrogen-bond acceptors (Lipinski definition) is 8. The number of hydrogen-bond donors (Lipinski definition) is 0. The van der Waals surface area contributed by atoms with Crippen molar-refractivity contribution in [2.24, 2.45) is 0 Å². The first-order chi connectivity index (χ1) is 11.9. The van der Waals surface area contributed by atoms with Crippen molar-refractivity contribution in [1.29, 1.82) is 0 Å². The first-order valence-electron chi connectivity index (χ1n) is 8.34. The fraction of sp³-hybridized carbons (Fsp3) is 0.500. The molecule has 1 aliphatic carbocycles. The van der Waals surface area contributed by atoms with Crippen LogP contribution in [0.25, 0.3) is 10.2 Å². The van der Waals surface area contributed by atoms with Crippen LogP contribution in [-0.4, -0.2) is 38.2 Å².